The van der Waals surface area contributed by atoms with Gasteiger partial charge in [0.15, 0.2) is 0 Å². The fourth-order valence-corrected chi connectivity index (χ4v) is 3.67. The summed E-state index contributed by atoms with van der Waals surface area (Å²) in [5.74, 6) is 0.0752. The van der Waals surface area contributed by atoms with Gasteiger partial charge in [-0.05, 0) is 42.8 Å². The summed E-state index contributed by atoms with van der Waals surface area (Å²) in [5, 5.41) is 0.719. The third kappa shape index (κ3) is 3.30. The summed E-state index contributed by atoms with van der Waals surface area (Å²) in [7, 11) is -3.97. The second-order valence-electron chi connectivity index (χ2n) is 4.90. The maximum atomic E-state index is 12.3. The van der Waals surface area contributed by atoms with Crippen molar-refractivity contribution in [3.63, 3.8) is 0 Å². The van der Waals surface area contributed by atoms with Gasteiger partial charge in [-0.3, -0.25) is 0 Å². The average Bonchev–Trinajstić information content (AvgIpc) is 2.46. The Morgan fingerprint density at radius 2 is 1.87 bits per heavy atom. The lowest BCUT2D eigenvalue weighted by atomic mass is 10.1. The highest BCUT2D eigenvalue weighted by Gasteiger charge is 2.17. The first kappa shape index (κ1) is 15.8. The van der Waals surface area contributed by atoms with E-state index in [4.69, 9.17) is 8.60 Å². The Morgan fingerprint density at radius 1 is 1.09 bits per heavy atom. The number of benzene rings is 2. The summed E-state index contributed by atoms with van der Waals surface area (Å²) < 4.78 is 35.4. The zero-order valence-corrected chi connectivity index (χ0v) is 14.3. The number of rotatable bonds is 3. The molecule has 0 unspecified atom stereocenters. The van der Waals surface area contributed by atoms with Crippen molar-refractivity contribution >= 4 is 37.0 Å². The fourth-order valence-electron chi connectivity index (χ4n) is 2.15. The van der Waals surface area contributed by atoms with Crippen LogP contribution in [0.5, 0.6) is 5.75 Å². The lowest BCUT2D eigenvalue weighted by molar-refractivity contribution is 0.485. The topological polar surface area (TPSA) is 73.6 Å². The van der Waals surface area contributed by atoms with Crippen LogP contribution in [0.25, 0.3) is 11.0 Å². The minimum absolute atomic E-state index is 0.0256. The quantitative estimate of drug-likeness (QED) is 0.500. The molecule has 0 saturated carbocycles. The molecule has 23 heavy (non-hydrogen) atoms. The van der Waals surface area contributed by atoms with Gasteiger partial charge < -0.3 is 8.60 Å². The molecule has 1 aromatic heterocycles. The molecule has 0 aliphatic heterocycles. The van der Waals surface area contributed by atoms with Gasteiger partial charge in [0.05, 0.1) is 0 Å². The maximum Gasteiger partial charge on any atom is 0.339 e. The Morgan fingerprint density at radius 3 is 2.61 bits per heavy atom. The summed E-state index contributed by atoms with van der Waals surface area (Å²) in [6, 6.07) is 12.1. The zero-order chi connectivity index (χ0) is 16.6. The Labute approximate surface area is 140 Å². The number of hydrogen-bond acceptors (Lipinski definition) is 5. The molecule has 3 rings (SSSR count). The number of aryl methyl sites for hydroxylation is 1. The van der Waals surface area contributed by atoms with Gasteiger partial charge in [0.2, 0.25) is 0 Å². The molecule has 1 heterocycles. The molecule has 0 aliphatic carbocycles. The number of halogens is 1. The summed E-state index contributed by atoms with van der Waals surface area (Å²) in [6.45, 7) is 1.78. The maximum absolute atomic E-state index is 12.3. The summed E-state index contributed by atoms with van der Waals surface area (Å²) in [4.78, 5) is 11.5. The zero-order valence-electron chi connectivity index (χ0n) is 11.9. The van der Waals surface area contributed by atoms with Crippen molar-refractivity contribution in [3.8, 4) is 5.75 Å². The van der Waals surface area contributed by atoms with Crippen LogP contribution in [0.15, 0.2) is 67.1 Å². The van der Waals surface area contributed by atoms with Crippen LogP contribution in [0, 0.1) is 6.92 Å². The third-order valence-corrected chi connectivity index (χ3v) is 4.95. The second-order valence-corrected chi connectivity index (χ2v) is 7.36. The van der Waals surface area contributed by atoms with Gasteiger partial charge in [-0.25, -0.2) is 4.79 Å². The van der Waals surface area contributed by atoms with Crippen LogP contribution in [0.3, 0.4) is 0 Å². The van der Waals surface area contributed by atoms with Crippen LogP contribution < -0.4 is 9.81 Å². The molecule has 0 bridgehead atoms. The fraction of sp³-hybridized carbons (Fsp3) is 0.0625. The molecule has 0 N–H and O–H groups in total. The van der Waals surface area contributed by atoms with Crippen LogP contribution >= 0.6 is 15.9 Å². The predicted octanol–water partition coefficient (Wildman–Crippen LogP) is 3.63. The van der Waals surface area contributed by atoms with Gasteiger partial charge in [0, 0.05) is 22.0 Å². The van der Waals surface area contributed by atoms with E-state index in [-0.39, 0.29) is 16.2 Å². The molecule has 0 saturated heterocycles. The standard InChI is InChI=1S/C16H11BrO5S/c1-10-7-16(18)21-15-9-12(5-6-14(10)15)22-23(19,20)13-4-2-3-11(17)8-13/h2-9H,1H3. The monoisotopic (exact) mass is 394 g/mol. The first-order valence-electron chi connectivity index (χ1n) is 6.60. The van der Waals surface area contributed by atoms with E-state index in [1.807, 2.05) is 0 Å². The summed E-state index contributed by atoms with van der Waals surface area (Å²) in [6.07, 6.45) is 0. The van der Waals surface area contributed by atoms with E-state index in [0.29, 0.717) is 4.47 Å². The van der Waals surface area contributed by atoms with E-state index in [1.165, 1.54) is 30.3 Å². The van der Waals surface area contributed by atoms with Crippen molar-refractivity contribution in [2.24, 2.45) is 0 Å². The normalized spacial score (nSPS) is 11.6. The SMILES string of the molecule is Cc1cc(=O)oc2cc(OS(=O)(=O)c3cccc(Br)c3)ccc12. The molecular weight excluding hydrogens is 384 g/mol. The van der Waals surface area contributed by atoms with Crippen LogP contribution in [0.4, 0.5) is 0 Å². The van der Waals surface area contributed by atoms with Gasteiger partial charge in [0.25, 0.3) is 0 Å². The largest absolute Gasteiger partial charge is 0.423 e. The number of fused-ring (bicyclic) bond motifs is 1. The highest BCUT2D eigenvalue weighted by molar-refractivity contribution is 9.10. The van der Waals surface area contributed by atoms with Crippen LogP contribution in [0.1, 0.15) is 5.56 Å². The minimum Gasteiger partial charge on any atom is -0.423 e. The number of hydrogen-bond donors (Lipinski definition) is 0. The highest BCUT2D eigenvalue weighted by Crippen LogP contribution is 2.25. The van der Waals surface area contributed by atoms with Crippen molar-refractivity contribution in [1.82, 2.24) is 0 Å². The van der Waals surface area contributed by atoms with Crippen LogP contribution in [0.2, 0.25) is 0 Å². The Kier molecular flexibility index (Phi) is 3.99. The van der Waals surface area contributed by atoms with E-state index in [0.717, 1.165) is 10.9 Å². The average molecular weight is 395 g/mol. The van der Waals surface area contributed by atoms with E-state index in [1.54, 1.807) is 25.1 Å². The first-order chi connectivity index (χ1) is 10.8. The minimum atomic E-state index is -3.97. The Balaban J connectivity index is 2.03. The second kappa shape index (κ2) is 5.82. The molecule has 0 atom stereocenters. The molecule has 5 nitrogen and oxygen atoms in total. The van der Waals surface area contributed by atoms with Crippen molar-refractivity contribution in [2.75, 3.05) is 0 Å². The first-order valence-corrected chi connectivity index (χ1v) is 8.80. The van der Waals surface area contributed by atoms with Crippen molar-refractivity contribution in [2.45, 2.75) is 11.8 Å². The Hall–Kier alpha value is -2.12. The molecule has 0 amide bonds. The molecule has 7 heteroatoms. The predicted molar refractivity (Wildman–Crippen MR) is 89.2 cm³/mol. The lowest BCUT2D eigenvalue weighted by Gasteiger charge is -2.08. The smallest absolute Gasteiger partial charge is 0.339 e. The van der Waals surface area contributed by atoms with Gasteiger partial charge in [0.1, 0.15) is 16.2 Å². The molecule has 0 fully saturated rings. The van der Waals surface area contributed by atoms with Crippen LogP contribution in [-0.2, 0) is 10.1 Å². The van der Waals surface area contributed by atoms with Crippen molar-refractivity contribution < 1.29 is 17.0 Å². The summed E-state index contributed by atoms with van der Waals surface area (Å²) in [5.41, 5.74) is 0.525. The molecular formula is C16H11BrO5S. The molecule has 3 aromatic rings. The van der Waals surface area contributed by atoms with E-state index < -0.39 is 15.7 Å². The van der Waals surface area contributed by atoms with E-state index in [9.17, 15) is 13.2 Å². The molecule has 0 spiro atoms. The van der Waals surface area contributed by atoms with Gasteiger partial charge in [-0.15, -0.1) is 0 Å². The molecule has 2 aromatic carbocycles. The molecule has 0 radical (unpaired) electrons. The van der Waals surface area contributed by atoms with E-state index in [2.05, 4.69) is 15.9 Å². The van der Waals surface area contributed by atoms with Crippen molar-refractivity contribution in [1.29, 1.82) is 0 Å². The van der Waals surface area contributed by atoms with Crippen molar-refractivity contribution in [3.05, 3.63) is 69.0 Å². The van der Waals surface area contributed by atoms with Crippen LogP contribution in [-0.4, -0.2) is 8.42 Å². The molecule has 0 aliphatic rings. The molecule has 118 valence electrons. The highest BCUT2D eigenvalue weighted by atomic mass is 79.9. The summed E-state index contributed by atoms with van der Waals surface area (Å²) >= 11 is 3.22. The van der Waals surface area contributed by atoms with Gasteiger partial charge in [-0.2, -0.15) is 8.42 Å². The van der Waals surface area contributed by atoms with Gasteiger partial charge >= 0.3 is 15.7 Å². The lowest BCUT2D eigenvalue weighted by Crippen LogP contribution is -2.09. The van der Waals surface area contributed by atoms with E-state index >= 15 is 0 Å². The third-order valence-electron chi connectivity index (χ3n) is 3.21. The Bertz CT molecular complexity index is 1050. The van der Waals surface area contributed by atoms with Gasteiger partial charge in [-0.1, -0.05) is 22.0 Å².